The van der Waals surface area contributed by atoms with E-state index in [9.17, 15) is 4.79 Å². The summed E-state index contributed by atoms with van der Waals surface area (Å²) >= 11 is 1.78. The first kappa shape index (κ1) is 15.6. The highest BCUT2D eigenvalue weighted by Crippen LogP contribution is 2.10. The number of rotatable bonds is 8. The number of nitrogens with zero attached hydrogens (tertiary/aromatic N) is 1. The summed E-state index contributed by atoms with van der Waals surface area (Å²) in [6.45, 7) is 1.06. The van der Waals surface area contributed by atoms with Gasteiger partial charge in [-0.2, -0.15) is 11.8 Å². The molecule has 0 fully saturated rings. The van der Waals surface area contributed by atoms with Gasteiger partial charge in [-0.3, -0.25) is 4.79 Å². The molecule has 0 aliphatic heterocycles. The third-order valence-corrected chi connectivity index (χ3v) is 3.82. The van der Waals surface area contributed by atoms with Gasteiger partial charge in [0.1, 0.15) is 6.26 Å². The lowest BCUT2D eigenvalue weighted by molar-refractivity contribution is 0.0951. The first-order valence-corrected chi connectivity index (χ1v) is 7.99. The van der Waals surface area contributed by atoms with Crippen LogP contribution in [0.25, 0.3) is 0 Å². The summed E-state index contributed by atoms with van der Waals surface area (Å²) in [4.78, 5) is 15.9. The van der Waals surface area contributed by atoms with Gasteiger partial charge in [-0.25, -0.2) is 4.98 Å². The normalized spacial score (nSPS) is 10.5. The van der Waals surface area contributed by atoms with E-state index in [1.807, 2.05) is 18.2 Å². The minimum absolute atomic E-state index is 0.206. The fourth-order valence-electron chi connectivity index (χ4n) is 1.75. The van der Waals surface area contributed by atoms with Crippen LogP contribution in [0.5, 0.6) is 0 Å². The molecule has 0 aliphatic rings. The minimum Gasteiger partial charge on any atom is -0.448 e. The molecule has 0 radical (unpaired) electrons. The second kappa shape index (κ2) is 8.49. The Labute approximate surface area is 128 Å². The van der Waals surface area contributed by atoms with E-state index in [-0.39, 0.29) is 5.91 Å². The predicted octanol–water partition coefficient (Wildman–Crippen LogP) is 1.84. The molecule has 2 aromatic rings. The zero-order chi connectivity index (χ0) is 14.9. The molecule has 6 heteroatoms. The SMILES string of the molecule is NCCc1nc(C(=O)NCCSCc2ccccc2)co1. The van der Waals surface area contributed by atoms with Crippen molar-refractivity contribution in [2.45, 2.75) is 12.2 Å². The molecular formula is C15H19N3O2S. The van der Waals surface area contributed by atoms with Crippen molar-refractivity contribution in [3.63, 3.8) is 0 Å². The Kier molecular flexibility index (Phi) is 6.30. The minimum atomic E-state index is -0.206. The second-order valence-electron chi connectivity index (χ2n) is 4.46. The highest BCUT2D eigenvalue weighted by Gasteiger charge is 2.10. The number of hydrogen-bond donors (Lipinski definition) is 2. The van der Waals surface area contributed by atoms with E-state index < -0.39 is 0 Å². The van der Waals surface area contributed by atoms with E-state index in [2.05, 4.69) is 22.4 Å². The maximum Gasteiger partial charge on any atom is 0.273 e. The van der Waals surface area contributed by atoms with Gasteiger partial charge in [0, 0.05) is 31.0 Å². The van der Waals surface area contributed by atoms with Crippen molar-refractivity contribution in [2.75, 3.05) is 18.8 Å². The molecule has 21 heavy (non-hydrogen) atoms. The highest BCUT2D eigenvalue weighted by atomic mass is 32.2. The maximum absolute atomic E-state index is 11.8. The van der Waals surface area contributed by atoms with E-state index in [0.717, 1.165) is 11.5 Å². The van der Waals surface area contributed by atoms with Crippen molar-refractivity contribution in [1.29, 1.82) is 0 Å². The molecule has 0 atom stereocenters. The molecule has 1 aromatic heterocycles. The van der Waals surface area contributed by atoms with Gasteiger partial charge in [0.15, 0.2) is 11.6 Å². The van der Waals surface area contributed by atoms with Crippen LogP contribution in [0.1, 0.15) is 21.9 Å². The summed E-state index contributed by atoms with van der Waals surface area (Å²) in [7, 11) is 0. The van der Waals surface area contributed by atoms with E-state index in [1.54, 1.807) is 11.8 Å². The number of benzene rings is 1. The smallest absolute Gasteiger partial charge is 0.273 e. The molecule has 0 bridgehead atoms. The van der Waals surface area contributed by atoms with Crippen LogP contribution >= 0.6 is 11.8 Å². The fraction of sp³-hybridized carbons (Fsp3) is 0.333. The molecule has 3 N–H and O–H groups in total. The fourth-order valence-corrected chi connectivity index (χ4v) is 2.56. The average Bonchev–Trinajstić information content (AvgIpc) is 2.97. The van der Waals surface area contributed by atoms with Crippen molar-refractivity contribution >= 4 is 17.7 Å². The van der Waals surface area contributed by atoms with Crippen LogP contribution in [-0.2, 0) is 12.2 Å². The monoisotopic (exact) mass is 305 g/mol. The average molecular weight is 305 g/mol. The zero-order valence-corrected chi connectivity index (χ0v) is 12.6. The van der Waals surface area contributed by atoms with Crippen LogP contribution in [0.15, 0.2) is 41.0 Å². The lowest BCUT2D eigenvalue weighted by atomic mass is 10.2. The number of thioether (sulfide) groups is 1. The molecule has 5 nitrogen and oxygen atoms in total. The van der Waals surface area contributed by atoms with Gasteiger partial charge < -0.3 is 15.5 Å². The van der Waals surface area contributed by atoms with Crippen LogP contribution in [-0.4, -0.2) is 29.7 Å². The number of nitrogens with two attached hydrogens (primary N) is 1. The number of oxazole rings is 1. The summed E-state index contributed by atoms with van der Waals surface area (Å²) in [5.74, 6) is 2.10. The molecule has 0 aliphatic carbocycles. The van der Waals surface area contributed by atoms with Crippen LogP contribution in [0.3, 0.4) is 0 Å². The van der Waals surface area contributed by atoms with Crippen LogP contribution in [0, 0.1) is 0 Å². The summed E-state index contributed by atoms with van der Waals surface area (Å²) in [6.07, 6.45) is 1.91. The lowest BCUT2D eigenvalue weighted by Crippen LogP contribution is -2.26. The van der Waals surface area contributed by atoms with Gasteiger partial charge in [-0.1, -0.05) is 30.3 Å². The Hall–Kier alpha value is -1.79. The molecule has 0 saturated heterocycles. The first-order chi connectivity index (χ1) is 10.3. The van der Waals surface area contributed by atoms with Gasteiger partial charge >= 0.3 is 0 Å². The molecular weight excluding hydrogens is 286 g/mol. The van der Waals surface area contributed by atoms with E-state index in [1.165, 1.54) is 11.8 Å². The number of amides is 1. The number of carbonyl (C=O) groups excluding carboxylic acids is 1. The predicted molar refractivity (Wildman–Crippen MR) is 84.2 cm³/mol. The Morgan fingerprint density at radius 3 is 2.90 bits per heavy atom. The molecule has 0 unspecified atom stereocenters. The Morgan fingerprint density at radius 2 is 2.14 bits per heavy atom. The van der Waals surface area contributed by atoms with Crippen LogP contribution < -0.4 is 11.1 Å². The second-order valence-corrected chi connectivity index (χ2v) is 5.56. The maximum atomic E-state index is 11.8. The molecule has 112 valence electrons. The molecule has 1 aromatic carbocycles. The van der Waals surface area contributed by atoms with Crippen molar-refractivity contribution in [3.05, 3.63) is 53.7 Å². The number of carbonyl (C=O) groups is 1. The van der Waals surface area contributed by atoms with Crippen molar-refractivity contribution in [2.24, 2.45) is 5.73 Å². The summed E-state index contributed by atoms with van der Waals surface area (Å²) < 4.78 is 5.15. The molecule has 1 heterocycles. The third-order valence-electron chi connectivity index (χ3n) is 2.79. The summed E-state index contributed by atoms with van der Waals surface area (Å²) in [6, 6.07) is 10.3. The van der Waals surface area contributed by atoms with Gasteiger partial charge in [0.25, 0.3) is 5.91 Å². The molecule has 1 amide bonds. The van der Waals surface area contributed by atoms with Gasteiger partial charge in [-0.15, -0.1) is 0 Å². The Balaban J connectivity index is 1.64. The molecule has 0 spiro atoms. The topological polar surface area (TPSA) is 81.1 Å². The summed E-state index contributed by atoms with van der Waals surface area (Å²) in [5, 5.41) is 2.83. The Bertz CT molecular complexity index is 557. The van der Waals surface area contributed by atoms with Gasteiger partial charge in [-0.05, 0) is 5.56 Å². The largest absolute Gasteiger partial charge is 0.448 e. The number of hydrogen-bond acceptors (Lipinski definition) is 5. The zero-order valence-electron chi connectivity index (χ0n) is 11.7. The van der Waals surface area contributed by atoms with Crippen LogP contribution in [0.2, 0.25) is 0 Å². The van der Waals surface area contributed by atoms with Crippen LogP contribution in [0.4, 0.5) is 0 Å². The molecule has 2 rings (SSSR count). The third kappa shape index (κ3) is 5.24. The van der Waals surface area contributed by atoms with E-state index in [4.69, 9.17) is 10.2 Å². The highest BCUT2D eigenvalue weighted by molar-refractivity contribution is 7.98. The quantitative estimate of drug-likeness (QED) is 0.727. The summed E-state index contributed by atoms with van der Waals surface area (Å²) in [5.41, 5.74) is 7.00. The van der Waals surface area contributed by atoms with Crippen molar-refractivity contribution in [1.82, 2.24) is 10.3 Å². The van der Waals surface area contributed by atoms with E-state index in [0.29, 0.717) is 31.1 Å². The standard InChI is InChI=1S/C15H19N3O2S/c16-7-6-14-18-13(10-20-14)15(19)17-8-9-21-11-12-4-2-1-3-5-12/h1-5,10H,6-9,11,16H2,(H,17,19). The van der Waals surface area contributed by atoms with Crippen molar-refractivity contribution < 1.29 is 9.21 Å². The number of aromatic nitrogens is 1. The Morgan fingerprint density at radius 1 is 1.33 bits per heavy atom. The molecule has 0 saturated carbocycles. The van der Waals surface area contributed by atoms with E-state index >= 15 is 0 Å². The van der Waals surface area contributed by atoms with Gasteiger partial charge in [0.05, 0.1) is 0 Å². The van der Waals surface area contributed by atoms with Crippen molar-refractivity contribution in [3.8, 4) is 0 Å². The number of nitrogens with one attached hydrogen (secondary N) is 1. The lowest BCUT2D eigenvalue weighted by Gasteiger charge is -2.03. The first-order valence-electron chi connectivity index (χ1n) is 6.84. The van der Waals surface area contributed by atoms with Gasteiger partial charge in [0.2, 0.25) is 0 Å².